The number of carbonyl (C=O) groups is 1. The molecule has 2 aliphatic rings. The van der Waals surface area contributed by atoms with E-state index in [9.17, 15) is 18.0 Å². The minimum atomic E-state index is -4.87. The Balaban J connectivity index is 1.87. The molecule has 1 aromatic heterocycles. The summed E-state index contributed by atoms with van der Waals surface area (Å²) >= 11 is 0. The van der Waals surface area contributed by atoms with Gasteiger partial charge in [0.05, 0.1) is 11.8 Å². The molecule has 1 aliphatic carbocycles. The van der Waals surface area contributed by atoms with Crippen LogP contribution in [0.5, 0.6) is 0 Å². The third-order valence-electron chi connectivity index (χ3n) is 5.63. The van der Waals surface area contributed by atoms with Crippen molar-refractivity contribution in [2.24, 2.45) is 0 Å². The molecule has 1 aromatic carbocycles. The lowest BCUT2D eigenvalue weighted by Crippen LogP contribution is -2.94. The molecular weight excluding hydrogens is 381 g/mol. The highest BCUT2D eigenvalue weighted by Crippen LogP contribution is 2.35. The van der Waals surface area contributed by atoms with E-state index in [0.29, 0.717) is 24.0 Å². The number of benzene rings is 1. The van der Waals surface area contributed by atoms with Gasteiger partial charge in [-0.2, -0.15) is 18.1 Å². The molecule has 1 aliphatic heterocycles. The Morgan fingerprint density at radius 1 is 1.10 bits per heavy atom. The molecule has 0 bridgehead atoms. The second-order valence-electron chi connectivity index (χ2n) is 7.55. The van der Waals surface area contributed by atoms with Gasteiger partial charge in [-0.3, -0.25) is 0 Å². The summed E-state index contributed by atoms with van der Waals surface area (Å²) in [6.07, 6.45) is -0.172. The first-order valence-electron chi connectivity index (χ1n) is 9.70. The van der Waals surface area contributed by atoms with Crippen LogP contribution in [0, 0.1) is 6.92 Å². The highest BCUT2D eigenvalue weighted by Gasteiger charge is 2.76. The van der Waals surface area contributed by atoms with E-state index in [-0.39, 0.29) is 17.7 Å². The van der Waals surface area contributed by atoms with Gasteiger partial charge in [-0.25, -0.2) is 20.1 Å². The van der Waals surface area contributed by atoms with Gasteiger partial charge in [-0.1, -0.05) is 18.2 Å². The van der Waals surface area contributed by atoms with Gasteiger partial charge in [0.1, 0.15) is 6.04 Å². The van der Waals surface area contributed by atoms with Crippen molar-refractivity contribution >= 4 is 17.6 Å². The SMILES string of the molecule is Cc1ccc[nH+]c1N[C@]1(C(F)(F)F)[NH+]=C(c2ccccc2)N(C2CCCC2)C1=O. The number of alkyl halides is 3. The first kappa shape index (κ1) is 19.4. The van der Waals surface area contributed by atoms with Crippen LogP contribution in [0.1, 0.15) is 36.8 Å². The van der Waals surface area contributed by atoms with Crippen molar-refractivity contribution < 1.29 is 27.9 Å². The Morgan fingerprint density at radius 3 is 2.41 bits per heavy atom. The fraction of sp³-hybridized carbons (Fsp3) is 0.381. The van der Waals surface area contributed by atoms with E-state index < -0.39 is 17.7 Å². The number of H-pyrrole nitrogens is 1. The van der Waals surface area contributed by atoms with E-state index in [4.69, 9.17) is 0 Å². The van der Waals surface area contributed by atoms with Crippen molar-refractivity contribution in [3.8, 4) is 0 Å². The van der Waals surface area contributed by atoms with Crippen LogP contribution < -0.4 is 15.3 Å². The Hall–Kier alpha value is -2.90. The normalized spacial score (nSPS) is 22.8. The number of anilines is 1. The van der Waals surface area contributed by atoms with Gasteiger partial charge in [0.2, 0.25) is 0 Å². The van der Waals surface area contributed by atoms with Crippen LogP contribution in [0.4, 0.5) is 19.0 Å². The quantitative estimate of drug-likeness (QED) is 0.816. The molecule has 8 heteroatoms. The lowest BCUT2D eigenvalue weighted by molar-refractivity contribution is -0.568. The number of amidine groups is 1. The molecule has 1 saturated carbocycles. The summed E-state index contributed by atoms with van der Waals surface area (Å²) < 4.78 is 43.3. The van der Waals surface area contributed by atoms with E-state index in [0.717, 1.165) is 12.8 Å². The molecule has 2 heterocycles. The average Bonchev–Trinajstić information content (AvgIpc) is 3.31. The van der Waals surface area contributed by atoms with Crippen molar-refractivity contribution in [3.63, 3.8) is 0 Å². The summed E-state index contributed by atoms with van der Waals surface area (Å²) in [5, 5.41) is 2.46. The van der Waals surface area contributed by atoms with E-state index >= 15 is 0 Å². The minimum Gasteiger partial charge on any atom is -0.247 e. The third-order valence-corrected chi connectivity index (χ3v) is 5.63. The van der Waals surface area contributed by atoms with Crippen LogP contribution in [0.2, 0.25) is 0 Å². The molecule has 2 aromatic rings. The highest BCUT2D eigenvalue weighted by atomic mass is 19.4. The smallest absolute Gasteiger partial charge is 0.247 e. The third kappa shape index (κ3) is 3.26. The molecule has 1 amide bonds. The second-order valence-corrected chi connectivity index (χ2v) is 7.55. The van der Waals surface area contributed by atoms with Crippen molar-refractivity contribution in [2.45, 2.75) is 50.5 Å². The van der Waals surface area contributed by atoms with Gasteiger partial charge >= 0.3 is 17.7 Å². The molecular formula is C21H23F3N4O+2. The molecule has 0 unspecified atom stereocenters. The van der Waals surface area contributed by atoms with Crippen LogP contribution in [0.3, 0.4) is 0 Å². The van der Waals surface area contributed by atoms with Crippen molar-refractivity contribution in [1.82, 2.24) is 4.90 Å². The van der Waals surface area contributed by atoms with Gasteiger partial charge in [-0.15, -0.1) is 0 Å². The molecule has 4 rings (SSSR count). The Labute approximate surface area is 166 Å². The summed E-state index contributed by atoms with van der Waals surface area (Å²) in [5.74, 6) is -0.681. The predicted octanol–water partition coefficient (Wildman–Crippen LogP) is 1.79. The molecule has 3 N–H and O–H groups in total. The van der Waals surface area contributed by atoms with E-state index in [1.54, 1.807) is 49.4 Å². The number of hydrogen-bond donors (Lipinski definition) is 2. The fourth-order valence-corrected chi connectivity index (χ4v) is 4.08. The lowest BCUT2D eigenvalue weighted by Gasteiger charge is -2.23. The molecule has 5 nitrogen and oxygen atoms in total. The monoisotopic (exact) mass is 404 g/mol. The zero-order valence-corrected chi connectivity index (χ0v) is 16.0. The molecule has 1 atom stereocenters. The number of nitrogens with zero attached hydrogens (tertiary/aromatic N) is 1. The molecule has 1 fully saturated rings. The summed E-state index contributed by atoms with van der Waals surface area (Å²) in [6, 6.07) is 11.8. The number of rotatable bonds is 4. The van der Waals surface area contributed by atoms with Crippen LogP contribution in [-0.4, -0.2) is 34.5 Å². The van der Waals surface area contributed by atoms with Gasteiger partial charge in [0.15, 0.2) is 0 Å². The van der Waals surface area contributed by atoms with E-state index in [1.807, 2.05) is 0 Å². The zero-order chi connectivity index (χ0) is 20.6. The van der Waals surface area contributed by atoms with Crippen LogP contribution in [-0.2, 0) is 4.79 Å². The number of halogens is 3. The van der Waals surface area contributed by atoms with Crippen molar-refractivity contribution in [1.29, 1.82) is 0 Å². The first-order valence-corrected chi connectivity index (χ1v) is 9.70. The van der Waals surface area contributed by atoms with Gasteiger partial charge < -0.3 is 0 Å². The van der Waals surface area contributed by atoms with Crippen molar-refractivity contribution in [3.05, 3.63) is 59.8 Å². The number of nitrogens with one attached hydrogen (secondary N) is 3. The molecule has 152 valence electrons. The number of aryl methyl sites for hydroxylation is 1. The number of aromatic nitrogens is 1. The van der Waals surface area contributed by atoms with Crippen molar-refractivity contribution in [2.75, 3.05) is 5.32 Å². The second kappa shape index (κ2) is 7.17. The summed E-state index contributed by atoms with van der Waals surface area (Å²) in [7, 11) is 0. The average molecular weight is 404 g/mol. The highest BCUT2D eigenvalue weighted by molar-refractivity contribution is 6.11. The van der Waals surface area contributed by atoms with Gasteiger partial charge in [0.25, 0.3) is 11.7 Å². The van der Waals surface area contributed by atoms with Crippen LogP contribution >= 0.6 is 0 Å². The molecule has 0 saturated heterocycles. The number of hydrogen-bond acceptors (Lipinski definition) is 2. The summed E-state index contributed by atoms with van der Waals surface area (Å²) in [6.45, 7) is 1.68. The molecule has 0 radical (unpaired) electrons. The molecule has 0 spiro atoms. The fourth-order valence-electron chi connectivity index (χ4n) is 4.08. The van der Waals surface area contributed by atoms with E-state index in [2.05, 4.69) is 15.3 Å². The zero-order valence-electron chi connectivity index (χ0n) is 16.0. The predicted molar refractivity (Wildman–Crippen MR) is 101 cm³/mol. The maximum atomic E-state index is 14.4. The van der Waals surface area contributed by atoms with Crippen LogP contribution in [0.15, 0.2) is 48.7 Å². The largest absolute Gasteiger partial charge is 0.488 e. The Kier molecular flexibility index (Phi) is 4.80. The number of carbonyl (C=O) groups excluding carboxylic acids is 1. The van der Waals surface area contributed by atoms with Gasteiger partial charge in [-0.05, 0) is 56.9 Å². The summed E-state index contributed by atoms with van der Waals surface area (Å²) in [4.78, 5) is 20.1. The number of amides is 1. The number of aromatic amines is 1. The Morgan fingerprint density at radius 2 is 1.79 bits per heavy atom. The topological polar surface area (TPSA) is 60.5 Å². The lowest BCUT2D eigenvalue weighted by atomic mass is 10.1. The standard InChI is InChI=1S/C21H21F3N4O/c1-14-8-7-13-25-17(14)26-20(21(22,23)24)19(29)28(16-11-5-6-12-16)18(27-20)15-9-3-2-4-10-15/h2-4,7-10,13,16H,5-6,11-12H2,1H3,(H,25,26)/p+2/t20-/m0/s1. The van der Waals surface area contributed by atoms with Crippen LogP contribution in [0.25, 0.3) is 0 Å². The maximum absolute atomic E-state index is 14.4. The minimum absolute atomic E-state index is 0.145. The summed E-state index contributed by atoms with van der Waals surface area (Å²) in [5.41, 5.74) is -1.82. The Bertz CT molecular complexity index is 938. The number of pyridine rings is 1. The van der Waals surface area contributed by atoms with Gasteiger partial charge in [0, 0.05) is 5.56 Å². The van der Waals surface area contributed by atoms with E-state index in [1.165, 1.54) is 11.1 Å². The first-order chi connectivity index (χ1) is 13.8. The maximum Gasteiger partial charge on any atom is 0.488 e. The molecule has 29 heavy (non-hydrogen) atoms.